The molecule has 142 valence electrons. The average molecular weight is 378 g/mol. The molecule has 1 aromatic carbocycles. The van der Waals surface area contributed by atoms with Crippen molar-refractivity contribution < 1.29 is 9.53 Å². The number of methoxy groups -OCH3 is 1. The molecule has 0 saturated heterocycles. The number of aromatic nitrogens is 3. The molecular weight excluding hydrogens is 360 g/mol. The van der Waals surface area contributed by atoms with Crippen LogP contribution in [0.2, 0.25) is 0 Å². The number of nitrogens with one attached hydrogen (secondary N) is 4. The van der Waals surface area contributed by atoms with Crippen molar-refractivity contribution in [2.45, 2.75) is 6.54 Å². The molecule has 10 nitrogen and oxygen atoms in total. The third-order valence-electron chi connectivity index (χ3n) is 4.14. The molecule has 4 N–H and O–H groups in total. The molecular formula is C18H18N8O2. The lowest BCUT2D eigenvalue weighted by Gasteiger charge is -2.09. The molecule has 4 rings (SSSR count). The summed E-state index contributed by atoms with van der Waals surface area (Å²) in [6.45, 7) is 0.556. The zero-order valence-electron chi connectivity index (χ0n) is 15.0. The number of amides is 1. The first-order valence-corrected chi connectivity index (χ1v) is 8.49. The first-order valence-electron chi connectivity index (χ1n) is 8.49. The van der Waals surface area contributed by atoms with E-state index in [4.69, 9.17) is 4.74 Å². The Morgan fingerprint density at radius 3 is 2.71 bits per heavy atom. The van der Waals surface area contributed by atoms with Crippen LogP contribution in [-0.4, -0.2) is 33.7 Å². The molecule has 0 saturated carbocycles. The standard InChI is InChI=1S/C18H18N8O2/c1-28-14-6-7-15(19-10-14)16-8-9-20-26(16)11-12-2-4-13(5-3-12)17(27)21-18-22-24-25-23-18/h2-10,24-25H,11H2,1H3,(H2,21,22,23,27). The van der Waals surface area contributed by atoms with Gasteiger partial charge in [0, 0.05) is 11.8 Å². The van der Waals surface area contributed by atoms with E-state index in [0.29, 0.717) is 23.8 Å². The van der Waals surface area contributed by atoms with Crippen LogP contribution < -0.4 is 26.5 Å². The van der Waals surface area contributed by atoms with Gasteiger partial charge in [0.15, 0.2) is 0 Å². The molecule has 3 heterocycles. The number of ether oxygens (including phenoxy) is 1. The van der Waals surface area contributed by atoms with Gasteiger partial charge in [0.05, 0.1) is 31.2 Å². The fourth-order valence-electron chi connectivity index (χ4n) is 2.70. The third-order valence-corrected chi connectivity index (χ3v) is 4.14. The van der Waals surface area contributed by atoms with Crippen LogP contribution in [0.1, 0.15) is 15.9 Å². The van der Waals surface area contributed by atoms with E-state index in [9.17, 15) is 4.79 Å². The van der Waals surface area contributed by atoms with E-state index >= 15 is 0 Å². The fourth-order valence-corrected chi connectivity index (χ4v) is 2.70. The Kier molecular flexibility index (Phi) is 4.85. The van der Waals surface area contributed by atoms with Crippen molar-refractivity contribution in [2.24, 2.45) is 5.10 Å². The van der Waals surface area contributed by atoms with E-state index in [1.54, 1.807) is 31.6 Å². The summed E-state index contributed by atoms with van der Waals surface area (Å²) in [7, 11) is 1.61. The predicted molar refractivity (Wildman–Crippen MR) is 102 cm³/mol. The van der Waals surface area contributed by atoms with Crippen LogP contribution in [0.5, 0.6) is 5.75 Å². The number of hydrogen-bond donors (Lipinski definition) is 4. The molecule has 2 aromatic heterocycles. The second-order valence-corrected chi connectivity index (χ2v) is 5.93. The second-order valence-electron chi connectivity index (χ2n) is 5.93. The molecule has 0 spiro atoms. The van der Waals surface area contributed by atoms with Gasteiger partial charge < -0.3 is 4.74 Å². The number of carbonyl (C=O) groups is 1. The zero-order chi connectivity index (χ0) is 19.3. The Hall–Kier alpha value is -3.92. The molecule has 0 fully saturated rings. The highest BCUT2D eigenvalue weighted by Gasteiger charge is 2.12. The van der Waals surface area contributed by atoms with E-state index < -0.39 is 0 Å². The Labute approximate surface area is 160 Å². The molecule has 10 heteroatoms. The summed E-state index contributed by atoms with van der Waals surface area (Å²) in [6.07, 6.45) is 3.41. The van der Waals surface area contributed by atoms with Gasteiger partial charge >= 0.3 is 0 Å². The molecule has 1 amide bonds. The molecule has 0 bridgehead atoms. The molecule has 1 aliphatic heterocycles. The Bertz CT molecular complexity index is 995. The van der Waals surface area contributed by atoms with E-state index in [0.717, 1.165) is 17.0 Å². The minimum atomic E-state index is -0.259. The van der Waals surface area contributed by atoms with Gasteiger partial charge in [-0.25, -0.2) is 5.53 Å². The number of pyridine rings is 1. The number of carbonyl (C=O) groups excluding carboxylic acids is 1. The van der Waals surface area contributed by atoms with E-state index in [-0.39, 0.29) is 5.91 Å². The quantitative estimate of drug-likeness (QED) is 0.514. The maximum Gasteiger partial charge on any atom is 0.258 e. The van der Waals surface area contributed by atoms with Gasteiger partial charge in [0.25, 0.3) is 5.91 Å². The molecule has 0 unspecified atom stereocenters. The van der Waals surface area contributed by atoms with Gasteiger partial charge in [0.2, 0.25) is 5.96 Å². The SMILES string of the molecule is COc1ccc(-c2ccnn2Cc2ccc(C(=O)NC3=NNNN3)cc2)nc1. The second kappa shape index (κ2) is 7.76. The van der Waals surface area contributed by atoms with Crippen molar-refractivity contribution in [2.75, 3.05) is 7.11 Å². The van der Waals surface area contributed by atoms with Crippen molar-refractivity contribution in [1.29, 1.82) is 0 Å². The van der Waals surface area contributed by atoms with Crippen LogP contribution in [0.15, 0.2) is 60.0 Å². The largest absolute Gasteiger partial charge is 0.495 e. The number of benzene rings is 1. The highest BCUT2D eigenvalue weighted by atomic mass is 16.5. The normalized spacial score (nSPS) is 12.7. The van der Waals surface area contributed by atoms with Gasteiger partial charge in [-0.1, -0.05) is 12.1 Å². The lowest BCUT2D eigenvalue weighted by atomic mass is 10.1. The lowest BCUT2D eigenvalue weighted by molar-refractivity contribution is 0.0976. The maximum atomic E-state index is 12.2. The molecule has 28 heavy (non-hydrogen) atoms. The summed E-state index contributed by atoms with van der Waals surface area (Å²) in [5.41, 5.74) is 10.9. The van der Waals surface area contributed by atoms with Gasteiger partial charge in [-0.2, -0.15) is 5.10 Å². The zero-order valence-corrected chi connectivity index (χ0v) is 15.0. The van der Waals surface area contributed by atoms with Crippen molar-refractivity contribution >= 4 is 11.9 Å². The van der Waals surface area contributed by atoms with Crippen molar-refractivity contribution in [3.8, 4) is 17.1 Å². The monoisotopic (exact) mass is 378 g/mol. The van der Waals surface area contributed by atoms with Crippen LogP contribution in [0, 0.1) is 0 Å². The molecule has 0 aliphatic carbocycles. The van der Waals surface area contributed by atoms with Crippen molar-refractivity contribution in [3.63, 3.8) is 0 Å². The van der Waals surface area contributed by atoms with E-state index in [1.807, 2.05) is 35.0 Å². The first kappa shape index (κ1) is 17.5. The van der Waals surface area contributed by atoms with Crippen LogP contribution in [-0.2, 0) is 6.54 Å². The minimum Gasteiger partial charge on any atom is -0.495 e. The van der Waals surface area contributed by atoms with Crippen molar-refractivity contribution in [3.05, 3.63) is 66.0 Å². The Morgan fingerprint density at radius 1 is 1.18 bits per heavy atom. The summed E-state index contributed by atoms with van der Waals surface area (Å²) in [5, 5.41) is 10.8. The number of hydrogen-bond acceptors (Lipinski definition) is 8. The van der Waals surface area contributed by atoms with E-state index in [1.165, 1.54) is 0 Å². The summed E-state index contributed by atoms with van der Waals surface area (Å²) < 4.78 is 7.01. The first-order chi connectivity index (χ1) is 13.7. The number of guanidine groups is 1. The number of hydrazine groups is 2. The van der Waals surface area contributed by atoms with E-state index in [2.05, 4.69) is 37.0 Å². The summed E-state index contributed by atoms with van der Waals surface area (Å²) in [5.74, 6) is 0.752. The smallest absolute Gasteiger partial charge is 0.258 e. The number of nitrogens with zero attached hydrogens (tertiary/aromatic N) is 4. The van der Waals surface area contributed by atoms with Gasteiger partial charge in [-0.15, -0.1) is 10.6 Å². The minimum absolute atomic E-state index is 0.259. The topological polar surface area (TPSA) is 117 Å². The number of hydrazone groups is 1. The van der Waals surface area contributed by atoms with Crippen LogP contribution >= 0.6 is 0 Å². The summed E-state index contributed by atoms with van der Waals surface area (Å²) >= 11 is 0. The van der Waals surface area contributed by atoms with Crippen molar-refractivity contribution in [1.82, 2.24) is 36.6 Å². The van der Waals surface area contributed by atoms with Gasteiger partial charge in [-0.05, 0) is 35.9 Å². The lowest BCUT2D eigenvalue weighted by Crippen LogP contribution is -2.43. The molecule has 1 aliphatic rings. The summed E-state index contributed by atoms with van der Waals surface area (Å²) in [4.78, 5) is 16.6. The highest BCUT2D eigenvalue weighted by molar-refractivity contribution is 6.05. The van der Waals surface area contributed by atoms with Crippen LogP contribution in [0.3, 0.4) is 0 Å². The van der Waals surface area contributed by atoms with Gasteiger partial charge in [-0.3, -0.25) is 25.2 Å². The third kappa shape index (κ3) is 3.76. The fraction of sp³-hybridized carbons (Fsp3) is 0.111. The predicted octanol–water partition coefficient (Wildman–Crippen LogP) is 0.615. The Morgan fingerprint density at radius 2 is 2.04 bits per heavy atom. The molecule has 3 aromatic rings. The molecule has 0 radical (unpaired) electrons. The maximum absolute atomic E-state index is 12.2. The Balaban J connectivity index is 1.46. The molecule has 0 atom stereocenters. The summed E-state index contributed by atoms with van der Waals surface area (Å²) in [6, 6.07) is 13.0. The van der Waals surface area contributed by atoms with Gasteiger partial charge in [0.1, 0.15) is 5.75 Å². The average Bonchev–Trinajstić information content (AvgIpc) is 3.41. The highest BCUT2D eigenvalue weighted by Crippen LogP contribution is 2.20. The number of rotatable bonds is 5. The van der Waals surface area contributed by atoms with Crippen LogP contribution in [0.4, 0.5) is 0 Å². The van der Waals surface area contributed by atoms with Crippen LogP contribution in [0.25, 0.3) is 11.4 Å².